The van der Waals surface area contributed by atoms with E-state index in [0.717, 1.165) is 31.7 Å². The Kier molecular flexibility index (Phi) is 4.16. The van der Waals surface area contributed by atoms with Crippen molar-refractivity contribution in [2.24, 2.45) is 0 Å². The van der Waals surface area contributed by atoms with Gasteiger partial charge >= 0.3 is 0 Å². The van der Waals surface area contributed by atoms with Crippen LogP contribution in [0, 0.1) is 0 Å². The molecule has 0 N–H and O–H groups in total. The van der Waals surface area contributed by atoms with Crippen molar-refractivity contribution >= 4 is 21.6 Å². The molecule has 2 nitrogen and oxygen atoms in total. The Morgan fingerprint density at radius 2 is 2.10 bits per heavy atom. The van der Waals surface area contributed by atoms with Gasteiger partial charge in [-0.2, -0.15) is 0 Å². The molecule has 0 fully saturated rings. The average molecular weight is 334 g/mol. The van der Waals surface area contributed by atoms with Crippen LogP contribution >= 0.6 is 15.9 Å². The predicted molar refractivity (Wildman–Crippen MR) is 87.1 cm³/mol. The fraction of sp³-hybridized carbons (Fsp3) is 0.412. The maximum absolute atomic E-state index is 5.30. The second-order valence-corrected chi connectivity index (χ2v) is 6.38. The number of nitrogens with zero attached hydrogens (tertiary/aromatic N) is 1. The molecular weight excluding hydrogens is 314 g/mol. The van der Waals surface area contributed by atoms with Crippen LogP contribution in [0.25, 0.3) is 0 Å². The van der Waals surface area contributed by atoms with E-state index in [4.69, 9.17) is 4.74 Å². The first-order chi connectivity index (χ1) is 9.76. The molecule has 20 heavy (non-hydrogen) atoms. The third kappa shape index (κ3) is 2.93. The number of fused-ring (bicyclic) bond motifs is 1. The Labute approximate surface area is 129 Å². The molecule has 2 aliphatic rings. The highest BCUT2D eigenvalue weighted by atomic mass is 79.9. The molecule has 0 amide bonds. The number of benzene rings is 1. The van der Waals surface area contributed by atoms with Crippen LogP contribution in [0.3, 0.4) is 0 Å². The molecular formula is C17H20BrNO. The van der Waals surface area contributed by atoms with E-state index in [1.807, 2.05) is 0 Å². The molecule has 1 aromatic carbocycles. The summed E-state index contributed by atoms with van der Waals surface area (Å²) in [6, 6.07) is 6.66. The molecule has 1 aliphatic carbocycles. The summed E-state index contributed by atoms with van der Waals surface area (Å²) in [6.45, 7) is 2.20. The molecule has 3 rings (SSSR count). The van der Waals surface area contributed by atoms with Gasteiger partial charge in [0.15, 0.2) is 0 Å². The highest BCUT2D eigenvalue weighted by Crippen LogP contribution is 2.31. The minimum atomic E-state index is 1.03. The lowest BCUT2D eigenvalue weighted by Crippen LogP contribution is -2.31. The van der Waals surface area contributed by atoms with E-state index in [2.05, 4.69) is 51.2 Å². The van der Waals surface area contributed by atoms with Crippen LogP contribution in [0.1, 0.15) is 24.8 Å². The van der Waals surface area contributed by atoms with Gasteiger partial charge in [0.2, 0.25) is 0 Å². The van der Waals surface area contributed by atoms with Gasteiger partial charge in [0, 0.05) is 29.7 Å². The van der Waals surface area contributed by atoms with Crippen molar-refractivity contribution in [1.29, 1.82) is 0 Å². The van der Waals surface area contributed by atoms with Crippen molar-refractivity contribution in [1.82, 2.24) is 0 Å². The Morgan fingerprint density at radius 1 is 1.20 bits per heavy atom. The zero-order chi connectivity index (χ0) is 13.9. The Morgan fingerprint density at radius 3 is 2.85 bits per heavy atom. The van der Waals surface area contributed by atoms with Crippen molar-refractivity contribution in [3.8, 4) is 0 Å². The lowest BCUT2D eigenvalue weighted by molar-refractivity contribution is 0.275. The first-order valence-corrected chi connectivity index (χ1v) is 8.01. The summed E-state index contributed by atoms with van der Waals surface area (Å²) in [5.41, 5.74) is 4.37. The second-order valence-electron chi connectivity index (χ2n) is 5.46. The fourth-order valence-corrected chi connectivity index (χ4v) is 3.42. The van der Waals surface area contributed by atoms with E-state index in [0.29, 0.717) is 0 Å². The summed E-state index contributed by atoms with van der Waals surface area (Å²) in [6.07, 6.45) is 8.93. The number of hydrogen-bond acceptors (Lipinski definition) is 2. The molecule has 0 bridgehead atoms. The highest BCUT2D eigenvalue weighted by Gasteiger charge is 2.18. The number of aryl methyl sites for hydroxylation is 1. The number of halogens is 1. The monoisotopic (exact) mass is 333 g/mol. The van der Waals surface area contributed by atoms with Crippen molar-refractivity contribution in [2.75, 3.05) is 25.1 Å². The van der Waals surface area contributed by atoms with Crippen LogP contribution in [-0.4, -0.2) is 20.2 Å². The van der Waals surface area contributed by atoms with Gasteiger partial charge in [-0.3, -0.25) is 0 Å². The smallest absolute Gasteiger partial charge is 0.0958 e. The van der Waals surface area contributed by atoms with Crippen LogP contribution in [0.15, 0.2) is 46.2 Å². The van der Waals surface area contributed by atoms with Crippen LogP contribution in [0.2, 0.25) is 0 Å². The first-order valence-electron chi connectivity index (χ1n) is 7.22. The molecule has 1 aromatic rings. The topological polar surface area (TPSA) is 12.5 Å². The summed E-state index contributed by atoms with van der Waals surface area (Å²) >= 11 is 3.57. The molecule has 0 spiro atoms. The number of methoxy groups -OCH3 is 1. The van der Waals surface area contributed by atoms with Crippen molar-refractivity contribution < 1.29 is 4.74 Å². The van der Waals surface area contributed by atoms with Crippen molar-refractivity contribution in [3.05, 3.63) is 51.7 Å². The number of rotatable bonds is 3. The van der Waals surface area contributed by atoms with E-state index >= 15 is 0 Å². The summed E-state index contributed by atoms with van der Waals surface area (Å²) in [5.74, 6) is 1.09. The molecule has 0 saturated carbocycles. The molecule has 0 radical (unpaired) electrons. The van der Waals surface area contributed by atoms with Crippen LogP contribution < -0.4 is 4.90 Å². The predicted octanol–water partition coefficient (Wildman–Crippen LogP) is 4.45. The zero-order valence-electron chi connectivity index (χ0n) is 11.9. The molecule has 1 aliphatic heterocycles. The van der Waals surface area contributed by atoms with Crippen LogP contribution in [-0.2, 0) is 11.2 Å². The SMILES string of the molecule is COC1=CC=C(CN2CCCc3cc(Br)ccc32)CC1. The van der Waals surface area contributed by atoms with Gasteiger partial charge in [-0.1, -0.05) is 27.6 Å². The second kappa shape index (κ2) is 6.04. The normalized spacial score (nSPS) is 18.2. The van der Waals surface area contributed by atoms with Gasteiger partial charge in [0.05, 0.1) is 12.9 Å². The maximum atomic E-state index is 5.30. The van der Waals surface area contributed by atoms with Crippen LogP contribution in [0.4, 0.5) is 5.69 Å². The van der Waals surface area contributed by atoms with Gasteiger partial charge in [0.1, 0.15) is 0 Å². The third-order valence-electron chi connectivity index (χ3n) is 4.11. The van der Waals surface area contributed by atoms with E-state index in [1.165, 1.54) is 34.1 Å². The molecule has 0 saturated heterocycles. The number of hydrogen-bond donors (Lipinski definition) is 0. The van der Waals surface area contributed by atoms with Gasteiger partial charge in [-0.05, 0) is 49.1 Å². The summed E-state index contributed by atoms with van der Waals surface area (Å²) in [7, 11) is 1.75. The fourth-order valence-electron chi connectivity index (χ4n) is 3.02. The Bertz CT molecular complexity index is 562. The number of anilines is 1. The number of ether oxygens (including phenoxy) is 1. The van der Waals surface area contributed by atoms with Gasteiger partial charge in [-0.25, -0.2) is 0 Å². The molecule has 0 aromatic heterocycles. The van der Waals surface area contributed by atoms with Crippen molar-refractivity contribution in [2.45, 2.75) is 25.7 Å². The molecule has 0 atom stereocenters. The van der Waals surface area contributed by atoms with Gasteiger partial charge in [-0.15, -0.1) is 0 Å². The minimum Gasteiger partial charge on any atom is -0.501 e. The Hall–Kier alpha value is -1.22. The zero-order valence-corrected chi connectivity index (χ0v) is 13.4. The summed E-state index contributed by atoms with van der Waals surface area (Å²) in [4.78, 5) is 2.52. The molecule has 0 unspecified atom stereocenters. The summed E-state index contributed by atoms with van der Waals surface area (Å²) in [5, 5.41) is 0. The number of allylic oxidation sites excluding steroid dienone is 3. The van der Waals surface area contributed by atoms with Gasteiger partial charge < -0.3 is 9.64 Å². The molecule has 3 heteroatoms. The average Bonchev–Trinajstić information content (AvgIpc) is 2.48. The largest absolute Gasteiger partial charge is 0.501 e. The molecule has 1 heterocycles. The highest BCUT2D eigenvalue weighted by molar-refractivity contribution is 9.10. The standard InChI is InChI=1S/C17H20BrNO/c1-20-16-7-4-13(5-8-16)12-19-10-2-3-14-11-15(18)6-9-17(14)19/h4,6-7,9,11H,2-3,5,8,10,12H2,1H3. The van der Waals surface area contributed by atoms with Crippen molar-refractivity contribution in [3.63, 3.8) is 0 Å². The van der Waals surface area contributed by atoms with Gasteiger partial charge in [0.25, 0.3) is 0 Å². The van der Waals surface area contributed by atoms with Crippen LogP contribution in [0.5, 0.6) is 0 Å². The Balaban J connectivity index is 1.77. The summed E-state index contributed by atoms with van der Waals surface area (Å²) < 4.78 is 6.48. The molecule has 106 valence electrons. The lowest BCUT2D eigenvalue weighted by Gasteiger charge is -2.32. The first kappa shape index (κ1) is 13.7. The lowest BCUT2D eigenvalue weighted by atomic mass is 9.98. The van der Waals surface area contributed by atoms with E-state index in [1.54, 1.807) is 7.11 Å². The minimum absolute atomic E-state index is 1.03. The quantitative estimate of drug-likeness (QED) is 0.810. The third-order valence-corrected chi connectivity index (χ3v) is 4.60. The van der Waals surface area contributed by atoms with E-state index < -0.39 is 0 Å². The van der Waals surface area contributed by atoms with E-state index in [9.17, 15) is 0 Å². The van der Waals surface area contributed by atoms with E-state index in [-0.39, 0.29) is 0 Å². The maximum Gasteiger partial charge on any atom is 0.0958 e.